The summed E-state index contributed by atoms with van der Waals surface area (Å²) in [4.78, 5) is 12.5. The van der Waals surface area contributed by atoms with Crippen LogP contribution in [0.1, 0.15) is 41.9 Å². The van der Waals surface area contributed by atoms with Gasteiger partial charge in [0.05, 0.1) is 4.88 Å². The first-order valence-corrected chi connectivity index (χ1v) is 5.95. The summed E-state index contributed by atoms with van der Waals surface area (Å²) in [6, 6.07) is 8.24. The number of ketones is 1. The van der Waals surface area contributed by atoms with E-state index in [0.29, 0.717) is 5.92 Å². The molecule has 78 valence electrons. The summed E-state index contributed by atoms with van der Waals surface area (Å²) in [6.45, 7) is 5.93. The van der Waals surface area contributed by atoms with E-state index in [4.69, 9.17) is 0 Å². The Labute approximate surface area is 93.7 Å². The average molecular weight is 218 g/mol. The standard InChI is InChI=1S/C13H14OS/c1-8(2)12-10-6-4-5-7-11(10)15-13(12)9(3)14/h4-8H,1-3H3. The summed E-state index contributed by atoms with van der Waals surface area (Å²) < 4.78 is 1.21. The van der Waals surface area contributed by atoms with Gasteiger partial charge in [-0.3, -0.25) is 4.79 Å². The Morgan fingerprint density at radius 2 is 1.93 bits per heavy atom. The van der Waals surface area contributed by atoms with Crippen molar-refractivity contribution >= 4 is 27.2 Å². The molecule has 1 heterocycles. The molecule has 0 fully saturated rings. The second-order valence-corrected chi connectivity index (χ2v) is 5.10. The quantitative estimate of drug-likeness (QED) is 0.689. The van der Waals surface area contributed by atoms with Crippen LogP contribution in [0.2, 0.25) is 0 Å². The molecule has 2 aromatic rings. The van der Waals surface area contributed by atoms with Crippen molar-refractivity contribution in [3.05, 3.63) is 34.7 Å². The minimum absolute atomic E-state index is 0.180. The Balaban J connectivity index is 2.80. The molecule has 0 amide bonds. The van der Waals surface area contributed by atoms with Crippen LogP contribution >= 0.6 is 11.3 Å². The highest BCUT2D eigenvalue weighted by molar-refractivity contribution is 7.21. The lowest BCUT2D eigenvalue weighted by atomic mass is 9.98. The Morgan fingerprint density at radius 1 is 1.27 bits per heavy atom. The highest BCUT2D eigenvalue weighted by atomic mass is 32.1. The highest BCUT2D eigenvalue weighted by Crippen LogP contribution is 2.36. The molecule has 15 heavy (non-hydrogen) atoms. The van der Waals surface area contributed by atoms with Crippen LogP contribution in [0, 0.1) is 0 Å². The van der Waals surface area contributed by atoms with Gasteiger partial charge in [0.15, 0.2) is 5.78 Å². The fourth-order valence-electron chi connectivity index (χ4n) is 1.90. The molecule has 2 heteroatoms. The molecule has 0 unspecified atom stereocenters. The molecule has 1 aromatic carbocycles. The summed E-state index contributed by atoms with van der Waals surface area (Å²) in [7, 11) is 0. The number of thiophene rings is 1. The Morgan fingerprint density at radius 3 is 2.53 bits per heavy atom. The van der Waals surface area contributed by atoms with Gasteiger partial charge in [-0.25, -0.2) is 0 Å². The molecule has 0 spiro atoms. The van der Waals surface area contributed by atoms with Crippen molar-refractivity contribution in [1.82, 2.24) is 0 Å². The first-order valence-electron chi connectivity index (χ1n) is 5.13. The van der Waals surface area contributed by atoms with Crippen LogP contribution in [0.5, 0.6) is 0 Å². The largest absolute Gasteiger partial charge is 0.294 e. The smallest absolute Gasteiger partial charge is 0.170 e. The maximum absolute atomic E-state index is 11.6. The molecule has 0 saturated carbocycles. The Kier molecular flexibility index (Phi) is 2.61. The molecule has 0 saturated heterocycles. The van der Waals surface area contributed by atoms with Crippen LogP contribution in [0.15, 0.2) is 24.3 Å². The number of rotatable bonds is 2. The number of hydrogen-bond donors (Lipinski definition) is 0. The van der Waals surface area contributed by atoms with Gasteiger partial charge in [0.1, 0.15) is 0 Å². The minimum atomic E-state index is 0.180. The van der Waals surface area contributed by atoms with Gasteiger partial charge in [0.25, 0.3) is 0 Å². The van der Waals surface area contributed by atoms with Gasteiger partial charge in [-0.1, -0.05) is 32.0 Å². The number of carbonyl (C=O) groups is 1. The maximum atomic E-state index is 11.6. The van der Waals surface area contributed by atoms with E-state index in [1.54, 1.807) is 18.3 Å². The second kappa shape index (κ2) is 3.78. The van der Waals surface area contributed by atoms with Gasteiger partial charge >= 0.3 is 0 Å². The number of Topliss-reactive ketones (excluding diaryl/α,β-unsaturated/α-hetero) is 1. The zero-order valence-electron chi connectivity index (χ0n) is 9.20. The van der Waals surface area contributed by atoms with Crippen molar-refractivity contribution in [3.8, 4) is 0 Å². The van der Waals surface area contributed by atoms with Gasteiger partial charge in [0, 0.05) is 4.70 Å². The van der Waals surface area contributed by atoms with Crippen LogP contribution in [0.4, 0.5) is 0 Å². The van der Waals surface area contributed by atoms with Crippen LogP contribution in [-0.2, 0) is 0 Å². The van der Waals surface area contributed by atoms with Crippen molar-refractivity contribution in [1.29, 1.82) is 0 Å². The van der Waals surface area contributed by atoms with E-state index in [9.17, 15) is 4.79 Å². The molecule has 0 aliphatic heterocycles. The van der Waals surface area contributed by atoms with Crippen molar-refractivity contribution in [2.75, 3.05) is 0 Å². The topological polar surface area (TPSA) is 17.1 Å². The van der Waals surface area contributed by atoms with Crippen LogP contribution in [-0.4, -0.2) is 5.78 Å². The number of fused-ring (bicyclic) bond motifs is 1. The number of carbonyl (C=O) groups excluding carboxylic acids is 1. The first kappa shape index (κ1) is 10.4. The van der Waals surface area contributed by atoms with E-state index in [0.717, 1.165) is 4.88 Å². The summed E-state index contributed by atoms with van der Waals surface area (Å²) in [5, 5.41) is 1.24. The first-order chi connectivity index (χ1) is 7.11. The van der Waals surface area contributed by atoms with Gasteiger partial charge in [0.2, 0.25) is 0 Å². The van der Waals surface area contributed by atoms with E-state index in [-0.39, 0.29) is 5.78 Å². The predicted molar refractivity (Wildman–Crippen MR) is 65.9 cm³/mol. The normalized spacial score (nSPS) is 11.2. The van der Waals surface area contributed by atoms with Gasteiger partial charge in [-0.2, -0.15) is 0 Å². The fraction of sp³-hybridized carbons (Fsp3) is 0.308. The SMILES string of the molecule is CC(=O)c1sc2ccccc2c1C(C)C. The second-order valence-electron chi connectivity index (χ2n) is 4.05. The van der Waals surface area contributed by atoms with Crippen LogP contribution in [0.3, 0.4) is 0 Å². The van der Waals surface area contributed by atoms with Crippen molar-refractivity contribution in [3.63, 3.8) is 0 Å². The minimum Gasteiger partial charge on any atom is -0.294 e. The van der Waals surface area contributed by atoms with E-state index < -0.39 is 0 Å². The number of hydrogen-bond acceptors (Lipinski definition) is 2. The van der Waals surface area contributed by atoms with E-state index in [1.165, 1.54) is 15.6 Å². The van der Waals surface area contributed by atoms with Crippen molar-refractivity contribution < 1.29 is 4.79 Å². The summed E-state index contributed by atoms with van der Waals surface area (Å²) in [6.07, 6.45) is 0. The summed E-state index contributed by atoms with van der Waals surface area (Å²) in [5.41, 5.74) is 1.21. The van der Waals surface area contributed by atoms with Crippen molar-refractivity contribution in [2.24, 2.45) is 0 Å². The van der Waals surface area contributed by atoms with E-state index >= 15 is 0 Å². The third kappa shape index (κ3) is 1.70. The van der Waals surface area contributed by atoms with E-state index in [2.05, 4.69) is 26.0 Å². The predicted octanol–water partition coefficient (Wildman–Crippen LogP) is 4.23. The third-order valence-electron chi connectivity index (χ3n) is 2.53. The molecule has 0 radical (unpaired) electrons. The molecule has 0 N–H and O–H groups in total. The lowest BCUT2D eigenvalue weighted by molar-refractivity contribution is 0.102. The van der Waals surface area contributed by atoms with E-state index in [1.807, 2.05) is 12.1 Å². The third-order valence-corrected chi connectivity index (χ3v) is 3.82. The van der Waals surface area contributed by atoms with Gasteiger partial charge in [-0.05, 0) is 29.9 Å². The Bertz CT molecular complexity index is 508. The maximum Gasteiger partial charge on any atom is 0.170 e. The molecule has 0 aliphatic rings. The highest BCUT2D eigenvalue weighted by Gasteiger charge is 2.17. The zero-order valence-corrected chi connectivity index (χ0v) is 10.0. The molecule has 0 atom stereocenters. The fourth-order valence-corrected chi connectivity index (χ4v) is 3.15. The average Bonchev–Trinajstić information content (AvgIpc) is 2.56. The Hall–Kier alpha value is -1.15. The molecule has 2 rings (SSSR count). The number of benzene rings is 1. The molecule has 1 aromatic heterocycles. The van der Waals surface area contributed by atoms with Gasteiger partial charge < -0.3 is 0 Å². The van der Waals surface area contributed by atoms with Gasteiger partial charge in [-0.15, -0.1) is 11.3 Å². The lowest BCUT2D eigenvalue weighted by Crippen LogP contribution is -1.96. The molecular weight excluding hydrogens is 204 g/mol. The summed E-state index contributed by atoms with van der Waals surface area (Å²) in [5.74, 6) is 0.583. The lowest BCUT2D eigenvalue weighted by Gasteiger charge is -2.05. The molecular formula is C13H14OS. The van der Waals surface area contributed by atoms with Crippen LogP contribution < -0.4 is 0 Å². The molecule has 1 nitrogen and oxygen atoms in total. The van der Waals surface area contributed by atoms with Crippen molar-refractivity contribution in [2.45, 2.75) is 26.7 Å². The molecule has 0 aliphatic carbocycles. The summed E-state index contributed by atoms with van der Waals surface area (Å²) >= 11 is 1.61. The van der Waals surface area contributed by atoms with Crippen LogP contribution in [0.25, 0.3) is 10.1 Å². The molecule has 0 bridgehead atoms. The monoisotopic (exact) mass is 218 g/mol. The zero-order chi connectivity index (χ0) is 11.0.